The lowest BCUT2D eigenvalue weighted by Gasteiger charge is -2.32. The molecule has 0 bridgehead atoms. The predicted octanol–water partition coefficient (Wildman–Crippen LogP) is 4.47. The van der Waals surface area contributed by atoms with Gasteiger partial charge in [-0.15, -0.1) is 0 Å². The Morgan fingerprint density at radius 1 is 0.922 bits per heavy atom. The summed E-state index contributed by atoms with van der Waals surface area (Å²) in [4.78, 5) is 35.7. The summed E-state index contributed by atoms with van der Waals surface area (Å²) in [7, 11) is -1.85. The lowest BCUT2D eigenvalue weighted by Crippen LogP contribution is -2.49. The van der Waals surface area contributed by atoms with Gasteiger partial charge in [-0.2, -0.15) is 22.6 Å². The Balaban J connectivity index is 0.903. The van der Waals surface area contributed by atoms with Crippen LogP contribution < -0.4 is 15.5 Å². The normalized spacial score (nSPS) is 19.1. The number of hydrogen-bond donors (Lipinski definition) is 2. The van der Waals surface area contributed by atoms with Crippen LogP contribution in [0.5, 0.6) is 0 Å². The molecule has 0 atom stereocenters. The van der Waals surface area contributed by atoms with E-state index in [4.69, 9.17) is 0 Å². The van der Waals surface area contributed by atoms with Crippen molar-refractivity contribution in [1.29, 1.82) is 0 Å². The van der Waals surface area contributed by atoms with Crippen LogP contribution in [0.4, 0.5) is 29.7 Å². The van der Waals surface area contributed by atoms with E-state index in [1.807, 2.05) is 25.2 Å². The number of urea groups is 1. The number of fused-ring (bicyclic) bond motifs is 1. The van der Waals surface area contributed by atoms with Crippen LogP contribution in [-0.4, -0.2) is 88.1 Å². The molecule has 0 unspecified atom stereocenters. The molecule has 3 amide bonds. The molecule has 0 radical (unpaired) electrons. The van der Waals surface area contributed by atoms with Gasteiger partial charge < -0.3 is 5.32 Å². The van der Waals surface area contributed by atoms with Gasteiger partial charge in [0.25, 0.3) is 0 Å². The molecule has 13 nitrogen and oxygen atoms in total. The monoisotopic (exact) mass is 725 g/mol. The third kappa shape index (κ3) is 7.41. The third-order valence-electron chi connectivity index (χ3n) is 9.96. The molecule has 5 heterocycles. The number of amides is 3. The van der Waals surface area contributed by atoms with E-state index in [1.54, 1.807) is 16.8 Å². The summed E-state index contributed by atoms with van der Waals surface area (Å²) in [5.41, 5.74) is 2.25. The highest BCUT2D eigenvalue weighted by Gasteiger charge is 2.33. The molecule has 2 aromatic carbocycles. The number of rotatable bonds is 8. The fourth-order valence-corrected chi connectivity index (χ4v) is 8.52. The van der Waals surface area contributed by atoms with Crippen molar-refractivity contribution in [3.05, 3.63) is 71.5 Å². The number of hydrogen-bond acceptors (Lipinski definition) is 9. The zero-order chi connectivity index (χ0) is 35.9. The third-order valence-corrected chi connectivity index (χ3v) is 11.9. The van der Waals surface area contributed by atoms with Crippen molar-refractivity contribution in [2.45, 2.75) is 61.7 Å². The second-order valence-electron chi connectivity index (χ2n) is 13.3. The van der Waals surface area contributed by atoms with Gasteiger partial charge in [-0.25, -0.2) is 23.2 Å². The Labute approximate surface area is 292 Å². The van der Waals surface area contributed by atoms with Crippen molar-refractivity contribution < 1.29 is 31.2 Å². The number of anilines is 2. The first-order valence-corrected chi connectivity index (χ1v) is 18.3. The number of imide groups is 1. The van der Waals surface area contributed by atoms with E-state index in [-0.39, 0.29) is 42.3 Å². The van der Waals surface area contributed by atoms with Gasteiger partial charge in [-0.05, 0) is 80.1 Å². The number of aryl methyl sites for hydroxylation is 1. The first-order valence-electron chi connectivity index (χ1n) is 16.9. The van der Waals surface area contributed by atoms with Gasteiger partial charge in [0, 0.05) is 63.5 Å². The Hall–Kier alpha value is -4.61. The number of carbonyl (C=O) groups is 2. The molecule has 51 heavy (non-hydrogen) atoms. The number of benzene rings is 2. The number of carbonyl (C=O) groups excluding carboxylic acids is 2. The van der Waals surface area contributed by atoms with Gasteiger partial charge in [-0.3, -0.25) is 24.6 Å². The number of alkyl halides is 3. The van der Waals surface area contributed by atoms with E-state index < -0.39 is 27.8 Å². The van der Waals surface area contributed by atoms with Gasteiger partial charge in [0.2, 0.25) is 21.9 Å². The highest BCUT2D eigenvalue weighted by atomic mass is 32.2. The molecule has 2 N–H and O–H groups in total. The molecule has 2 aromatic heterocycles. The van der Waals surface area contributed by atoms with Gasteiger partial charge in [-0.1, -0.05) is 18.2 Å². The summed E-state index contributed by atoms with van der Waals surface area (Å²) in [6.07, 6.45) is 0.0508. The Morgan fingerprint density at radius 2 is 1.61 bits per heavy atom. The van der Waals surface area contributed by atoms with Crippen molar-refractivity contribution in [3.8, 4) is 0 Å². The van der Waals surface area contributed by atoms with E-state index in [2.05, 4.69) is 42.7 Å². The number of likely N-dealkylation sites (tertiary alicyclic amines) is 1. The van der Waals surface area contributed by atoms with Crippen LogP contribution in [0.3, 0.4) is 0 Å². The molecular weight excluding hydrogens is 687 g/mol. The van der Waals surface area contributed by atoms with Gasteiger partial charge in [0.1, 0.15) is 0 Å². The molecule has 0 aliphatic carbocycles. The summed E-state index contributed by atoms with van der Waals surface area (Å²) in [6.45, 7) is 3.32. The van der Waals surface area contributed by atoms with E-state index in [1.165, 1.54) is 14.8 Å². The fraction of sp³-hybridized carbons (Fsp3) is 0.441. The second-order valence-corrected chi connectivity index (χ2v) is 15.2. The smallest absolute Gasteiger partial charge is 0.351 e. The quantitative estimate of drug-likeness (QED) is 0.269. The van der Waals surface area contributed by atoms with E-state index in [0.717, 1.165) is 54.8 Å². The van der Waals surface area contributed by atoms with Crippen LogP contribution in [0.2, 0.25) is 0 Å². The minimum atomic E-state index is -4.51. The molecule has 3 fully saturated rings. The van der Waals surface area contributed by atoms with Crippen LogP contribution in [0.25, 0.3) is 10.9 Å². The summed E-state index contributed by atoms with van der Waals surface area (Å²) in [5.74, 6) is 0.712. The summed E-state index contributed by atoms with van der Waals surface area (Å²) < 4.78 is 68.4. The molecule has 270 valence electrons. The molecule has 4 aromatic rings. The van der Waals surface area contributed by atoms with Crippen LogP contribution in [0.1, 0.15) is 54.7 Å². The molecule has 3 aliphatic rings. The molecule has 0 saturated carbocycles. The minimum absolute atomic E-state index is 0.0796. The number of nitrogens with one attached hydrogen (secondary N) is 2. The summed E-state index contributed by atoms with van der Waals surface area (Å²) in [6, 6.07) is 12.7. The van der Waals surface area contributed by atoms with Crippen molar-refractivity contribution in [1.82, 2.24) is 34.3 Å². The Kier molecular flexibility index (Phi) is 9.45. The number of sulfonamides is 1. The van der Waals surface area contributed by atoms with Gasteiger partial charge >= 0.3 is 12.2 Å². The van der Waals surface area contributed by atoms with Crippen LogP contribution >= 0.6 is 0 Å². The lowest BCUT2D eigenvalue weighted by atomic mass is 9.89. The van der Waals surface area contributed by atoms with Crippen molar-refractivity contribution >= 4 is 44.6 Å². The topological polar surface area (TPSA) is 146 Å². The Bertz CT molecular complexity index is 2020. The van der Waals surface area contributed by atoms with E-state index in [9.17, 15) is 31.2 Å². The molecule has 17 heteroatoms. The van der Waals surface area contributed by atoms with Gasteiger partial charge in [0.05, 0.1) is 16.0 Å². The highest BCUT2D eigenvalue weighted by molar-refractivity contribution is 7.89. The molecule has 0 spiro atoms. The van der Waals surface area contributed by atoms with E-state index in [0.29, 0.717) is 37.7 Å². The van der Waals surface area contributed by atoms with Crippen LogP contribution in [0.15, 0.2) is 59.8 Å². The maximum absolute atomic E-state index is 13.4. The number of halogens is 3. The fourth-order valence-electron chi connectivity index (χ4n) is 7.05. The van der Waals surface area contributed by atoms with Crippen molar-refractivity contribution in [2.75, 3.05) is 42.9 Å². The average Bonchev–Trinajstić information content (AvgIpc) is 3.44. The largest absolute Gasteiger partial charge is 0.419 e. The number of piperidine rings is 2. The molecular formula is C34H38F3N9O4S. The highest BCUT2D eigenvalue weighted by Crippen LogP contribution is 2.34. The number of aromatic nitrogens is 4. The molecule has 3 saturated heterocycles. The zero-order valence-electron chi connectivity index (χ0n) is 27.9. The maximum atomic E-state index is 13.4. The first kappa shape index (κ1) is 34.8. The summed E-state index contributed by atoms with van der Waals surface area (Å²) in [5, 5.41) is 10.8. The second kappa shape index (κ2) is 13.8. The maximum Gasteiger partial charge on any atom is 0.419 e. The van der Waals surface area contributed by atoms with Crippen molar-refractivity contribution in [3.63, 3.8) is 0 Å². The van der Waals surface area contributed by atoms with Crippen LogP contribution in [0, 0.1) is 0 Å². The molecule has 7 rings (SSSR count). The van der Waals surface area contributed by atoms with Crippen molar-refractivity contribution in [2.24, 2.45) is 7.05 Å². The summed E-state index contributed by atoms with van der Waals surface area (Å²) >= 11 is 0. The molecule has 3 aliphatic heterocycles. The standard InChI is InChI=1S/C34H38F3N9O4S/c1-43-29-18-24(4-7-28(29)31(42-43)46-17-12-30(47)41-33(46)48)23-8-13-44(14-9-23)21-22-2-5-27(6-3-22)51(49,50)45-15-10-26(11-16-45)40-32-38-19-25(20-39-32)34(35,36)37/h2-7,18-20,23,26H,8-17,21H2,1H3,(H,38,39,40)(H,41,47,48). The van der Waals surface area contributed by atoms with E-state index >= 15 is 0 Å². The Morgan fingerprint density at radius 3 is 2.25 bits per heavy atom. The first-order chi connectivity index (χ1) is 24.3. The minimum Gasteiger partial charge on any atom is -0.351 e. The van der Waals surface area contributed by atoms with Crippen LogP contribution in [-0.2, 0) is 34.6 Å². The SMILES string of the molecule is Cn1nc(N2CCC(=O)NC2=O)c2ccc(C3CCN(Cc4ccc(S(=O)(=O)N5CCC(Nc6ncc(C(F)(F)F)cn6)CC5)cc4)CC3)cc21. The zero-order valence-corrected chi connectivity index (χ0v) is 28.8. The lowest BCUT2D eigenvalue weighted by molar-refractivity contribution is -0.138. The number of nitrogens with zero attached hydrogens (tertiary/aromatic N) is 7. The van der Waals surface area contributed by atoms with Gasteiger partial charge in [0.15, 0.2) is 5.82 Å². The average molecular weight is 726 g/mol. The predicted molar refractivity (Wildman–Crippen MR) is 182 cm³/mol.